The smallest absolute Gasteiger partial charge is 0.0743 e. The van der Waals surface area contributed by atoms with Gasteiger partial charge in [-0.15, -0.1) is 0 Å². The number of anilines is 2. The molecule has 1 heterocycles. The molecule has 106 valence electrons. The van der Waals surface area contributed by atoms with Gasteiger partial charge in [0, 0.05) is 33.5 Å². The van der Waals surface area contributed by atoms with Crippen LogP contribution < -0.4 is 11.1 Å². The predicted octanol–water partition coefficient (Wildman–Crippen LogP) is 4.75. The fraction of sp³-hybridized carbons (Fsp3) is 0.118. The van der Waals surface area contributed by atoms with Crippen LogP contribution in [0.15, 0.2) is 59.2 Å². The van der Waals surface area contributed by atoms with Crippen molar-refractivity contribution in [3.63, 3.8) is 0 Å². The summed E-state index contributed by atoms with van der Waals surface area (Å²) in [6.07, 6.45) is 1.80. The third-order valence-corrected chi connectivity index (χ3v) is 4.04. The van der Waals surface area contributed by atoms with Gasteiger partial charge in [-0.05, 0) is 48.9 Å². The normalized spacial score (nSPS) is 12.3. The number of aromatic nitrogens is 1. The molecule has 3 nitrogen and oxygen atoms in total. The zero-order chi connectivity index (χ0) is 14.8. The van der Waals surface area contributed by atoms with Crippen molar-refractivity contribution in [1.29, 1.82) is 0 Å². The van der Waals surface area contributed by atoms with Crippen molar-refractivity contribution in [1.82, 2.24) is 4.98 Å². The Hall–Kier alpha value is -2.07. The lowest BCUT2D eigenvalue weighted by Crippen LogP contribution is -2.07. The average Bonchev–Trinajstić information content (AvgIpc) is 2.47. The second-order valence-corrected chi connectivity index (χ2v) is 5.97. The Morgan fingerprint density at radius 3 is 2.62 bits per heavy atom. The van der Waals surface area contributed by atoms with Gasteiger partial charge in [0.25, 0.3) is 0 Å². The Balaban J connectivity index is 1.92. The van der Waals surface area contributed by atoms with E-state index in [2.05, 4.69) is 57.4 Å². The highest BCUT2D eigenvalue weighted by Gasteiger charge is 2.08. The molecule has 2 aromatic carbocycles. The molecule has 0 saturated heterocycles. The van der Waals surface area contributed by atoms with Gasteiger partial charge in [0.1, 0.15) is 0 Å². The maximum atomic E-state index is 5.82. The SMILES string of the molecule is CC(Nc1ccnc2cc(N)ccc12)c1ccc(Br)cc1. The monoisotopic (exact) mass is 341 g/mol. The van der Waals surface area contributed by atoms with Crippen molar-refractivity contribution >= 4 is 38.2 Å². The molecule has 1 aromatic heterocycles. The first-order valence-electron chi connectivity index (χ1n) is 6.80. The summed E-state index contributed by atoms with van der Waals surface area (Å²) in [5.41, 5.74) is 9.75. The minimum absolute atomic E-state index is 0.209. The molecule has 0 fully saturated rings. The zero-order valence-electron chi connectivity index (χ0n) is 11.7. The van der Waals surface area contributed by atoms with Crippen molar-refractivity contribution in [2.75, 3.05) is 11.1 Å². The molecule has 0 bridgehead atoms. The number of hydrogen-bond acceptors (Lipinski definition) is 3. The number of halogens is 1. The average molecular weight is 342 g/mol. The Kier molecular flexibility index (Phi) is 3.80. The molecule has 3 N–H and O–H groups in total. The third kappa shape index (κ3) is 3.00. The van der Waals surface area contributed by atoms with Gasteiger partial charge in [-0.3, -0.25) is 4.98 Å². The highest BCUT2D eigenvalue weighted by molar-refractivity contribution is 9.10. The number of hydrogen-bond donors (Lipinski definition) is 2. The quantitative estimate of drug-likeness (QED) is 0.675. The summed E-state index contributed by atoms with van der Waals surface area (Å²) >= 11 is 3.46. The van der Waals surface area contributed by atoms with Gasteiger partial charge in [-0.2, -0.15) is 0 Å². The topological polar surface area (TPSA) is 50.9 Å². The van der Waals surface area contributed by atoms with Crippen LogP contribution in [0.1, 0.15) is 18.5 Å². The number of nitrogens with zero attached hydrogens (tertiary/aromatic N) is 1. The number of nitrogens with two attached hydrogens (primary N) is 1. The summed E-state index contributed by atoms with van der Waals surface area (Å²) in [7, 11) is 0. The maximum absolute atomic E-state index is 5.82. The first kappa shape index (κ1) is 13.9. The van der Waals surface area contributed by atoms with Crippen LogP contribution in [0.4, 0.5) is 11.4 Å². The lowest BCUT2D eigenvalue weighted by molar-refractivity contribution is 0.886. The van der Waals surface area contributed by atoms with Crippen molar-refractivity contribution in [2.24, 2.45) is 0 Å². The van der Waals surface area contributed by atoms with E-state index in [4.69, 9.17) is 5.73 Å². The summed E-state index contributed by atoms with van der Waals surface area (Å²) < 4.78 is 1.09. The number of nitrogen functional groups attached to an aromatic ring is 1. The van der Waals surface area contributed by atoms with Crippen molar-refractivity contribution < 1.29 is 0 Å². The molecule has 0 radical (unpaired) electrons. The van der Waals surface area contributed by atoms with E-state index in [1.807, 2.05) is 24.3 Å². The predicted molar refractivity (Wildman–Crippen MR) is 92.3 cm³/mol. The fourth-order valence-corrected chi connectivity index (χ4v) is 2.62. The number of pyridine rings is 1. The number of nitrogens with one attached hydrogen (secondary N) is 1. The van der Waals surface area contributed by atoms with Crippen LogP contribution >= 0.6 is 15.9 Å². The van der Waals surface area contributed by atoms with Crippen LogP contribution in [0.25, 0.3) is 10.9 Å². The summed E-state index contributed by atoms with van der Waals surface area (Å²) in [6.45, 7) is 2.15. The summed E-state index contributed by atoms with van der Waals surface area (Å²) in [5, 5.41) is 4.62. The van der Waals surface area contributed by atoms with E-state index < -0.39 is 0 Å². The number of rotatable bonds is 3. The largest absolute Gasteiger partial charge is 0.399 e. The minimum Gasteiger partial charge on any atom is -0.399 e. The van der Waals surface area contributed by atoms with E-state index in [-0.39, 0.29) is 6.04 Å². The van der Waals surface area contributed by atoms with Crippen LogP contribution in [-0.2, 0) is 0 Å². The molecule has 4 heteroatoms. The first-order chi connectivity index (χ1) is 10.1. The van der Waals surface area contributed by atoms with E-state index in [0.29, 0.717) is 0 Å². The molecule has 0 amide bonds. The first-order valence-corrected chi connectivity index (χ1v) is 7.59. The fourth-order valence-electron chi connectivity index (χ4n) is 2.36. The van der Waals surface area contributed by atoms with Gasteiger partial charge in [-0.25, -0.2) is 0 Å². The molecule has 3 rings (SSSR count). The molecule has 0 spiro atoms. The summed E-state index contributed by atoms with van der Waals surface area (Å²) in [5.74, 6) is 0. The highest BCUT2D eigenvalue weighted by atomic mass is 79.9. The molecule has 1 atom stereocenters. The Morgan fingerprint density at radius 2 is 1.86 bits per heavy atom. The van der Waals surface area contributed by atoms with Crippen LogP contribution in [0.5, 0.6) is 0 Å². The molecule has 1 unspecified atom stereocenters. The van der Waals surface area contributed by atoms with Crippen LogP contribution in [0.3, 0.4) is 0 Å². The van der Waals surface area contributed by atoms with Crippen molar-refractivity contribution in [3.05, 3.63) is 64.8 Å². The molecule has 0 aliphatic carbocycles. The molecule has 0 aliphatic heterocycles. The number of fused-ring (bicyclic) bond motifs is 1. The van der Waals surface area contributed by atoms with E-state index in [9.17, 15) is 0 Å². The maximum Gasteiger partial charge on any atom is 0.0743 e. The molecule has 0 saturated carbocycles. The molecular formula is C17H16BrN3. The third-order valence-electron chi connectivity index (χ3n) is 3.51. The lowest BCUT2D eigenvalue weighted by Gasteiger charge is -2.17. The molecule has 0 aliphatic rings. The highest BCUT2D eigenvalue weighted by Crippen LogP contribution is 2.27. The van der Waals surface area contributed by atoms with Crippen molar-refractivity contribution in [3.8, 4) is 0 Å². The second kappa shape index (κ2) is 5.74. The van der Waals surface area contributed by atoms with E-state index in [0.717, 1.165) is 26.8 Å². The van der Waals surface area contributed by atoms with Crippen molar-refractivity contribution in [2.45, 2.75) is 13.0 Å². The summed E-state index contributed by atoms with van der Waals surface area (Å²) in [6, 6.07) is 16.3. The van der Waals surface area contributed by atoms with Crippen LogP contribution in [0.2, 0.25) is 0 Å². The van der Waals surface area contributed by atoms with Gasteiger partial charge < -0.3 is 11.1 Å². The Labute approximate surface area is 132 Å². The van der Waals surface area contributed by atoms with Gasteiger partial charge >= 0.3 is 0 Å². The van der Waals surface area contributed by atoms with Gasteiger partial charge in [0.05, 0.1) is 5.52 Å². The van der Waals surface area contributed by atoms with E-state index >= 15 is 0 Å². The minimum atomic E-state index is 0.209. The van der Waals surface area contributed by atoms with Gasteiger partial charge in [0.2, 0.25) is 0 Å². The van der Waals surface area contributed by atoms with Crippen LogP contribution in [0, 0.1) is 0 Å². The second-order valence-electron chi connectivity index (χ2n) is 5.05. The Bertz CT molecular complexity index is 769. The van der Waals surface area contributed by atoms with Gasteiger partial charge in [0.15, 0.2) is 0 Å². The van der Waals surface area contributed by atoms with E-state index in [1.54, 1.807) is 6.20 Å². The number of benzene rings is 2. The molecular weight excluding hydrogens is 326 g/mol. The lowest BCUT2D eigenvalue weighted by atomic mass is 10.1. The molecule has 3 aromatic rings. The van der Waals surface area contributed by atoms with Crippen LogP contribution in [-0.4, -0.2) is 4.98 Å². The van der Waals surface area contributed by atoms with Gasteiger partial charge in [-0.1, -0.05) is 28.1 Å². The summed E-state index contributed by atoms with van der Waals surface area (Å²) in [4.78, 5) is 4.37. The Morgan fingerprint density at radius 1 is 1.10 bits per heavy atom. The standard InChI is InChI=1S/C17H16BrN3/c1-11(12-2-4-13(18)5-3-12)21-16-8-9-20-17-10-14(19)6-7-15(16)17/h2-11H,19H2,1H3,(H,20,21). The zero-order valence-corrected chi connectivity index (χ0v) is 13.3. The molecule has 21 heavy (non-hydrogen) atoms. The van der Waals surface area contributed by atoms with E-state index in [1.165, 1.54) is 5.56 Å².